The fraction of sp³-hybridized carbons (Fsp3) is 0. The lowest BCUT2D eigenvalue weighted by Crippen LogP contribution is -2.17. The molecule has 0 amide bonds. The molecule has 0 aliphatic heterocycles. The van der Waals surface area contributed by atoms with Gasteiger partial charge in [0.1, 0.15) is 11.2 Å². The lowest BCUT2D eigenvalue weighted by atomic mass is 10.0. The van der Waals surface area contributed by atoms with Crippen LogP contribution in [0.25, 0.3) is 65.4 Å². The van der Waals surface area contributed by atoms with Crippen molar-refractivity contribution in [3.63, 3.8) is 0 Å². The molecule has 0 unspecified atom stereocenters. The van der Waals surface area contributed by atoms with Gasteiger partial charge in [-0.05, 0) is 104 Å². The highest BCUT2D eigenvalue weighted by Crippen LogP contribution is 2.50. The SMILES string of the molecule is c1ccc(-c2cccc(N(c3ccc4ccccc4c3)c3cc4c(cc3N(c3ccccc3)c3ccc5ccccc5c3)oc3ccc5ccccc5c34)c2)cc1. The predicted molar refractivity (Wildman–Crippen MR) is 241 cm³/mol. The van der Waals surface area contributed by atoms with E-state index in [4.69, 9.17) is 4.42 Å². The molecule has 0 radical (unpaired) electrons. The summed E-state index contributed by atoms with van der Waals surface area (Å²) in [6.07, 6.45) is 0. The minimum atomic E-state index is 0.832. The van der Waals surface area contributed by atoms with Crippen molar-refractivity contribution in [3.8, 4) is 11.1 Å². The van der Waals surface area contributed by atoms with Crippen LogP contribution in [0.5, 0.6) is 0 Å². The predicted octanol–water partition coefficient (Wildman–Crippen LogP) is 15.7. The summed E-state index contributed by atoms with van der Waals surface area (Å²) < 4.78 is 6.83. The Bertz CT molecular complexity index is 3260. The lowest BCUT2D eigenvalue weighted by Gasteiger charge is -2.33. The molecule has 0 atom stereocenters. The Morgan fingerprint density at radius 2 is 0.789 bits per heavy atom. The van der Waals surface area contributed by atoms with Crippen LogP contribution in [-0.2, 0) is 0 Å². The van der Waals surface area contributed by atoms with Crippen molar-refractivity contribution in [2.24, 2.45) is 0 Å². The van der Waals surface area contributed by atoms with E-state index < -0.39 is 0 Å². The normalized spacial score (nSPS) is 11.5. The molecule has 268 valence electrons. The zero-order valence-electron chi connectivity index (χ0n) is 31.1. The van der Waals surface area contributed by atoms with E-state index in [0.29, 0.717) is 0 Å². The van der Waals surface area contributed by atoms with E-state index >= 15 is 0 Å². The highest BCUT2D eigenvalue weighted by molar-refractivity contribution is 6.20. The summed E-state index contributed by atoms with van der Waals surface area (Å²) >= 11 is 0. The van der Waals surface area contributed by atoms with Gasteiger partial charge in [-0.3, -0.25) is 0 Å². The fourth-order valence-corrected chi connectivity index (χ4v) is 8.45. The maximum absolute atomic E-state index is 6.83. The van der Waals surface area contributed by atoms with E-state index in [2.05, 4.69) is 228 Å². The average molecular weight is 729 g/mol. The molecule has 1 heterocycles. The molecular weight excluding hydrogens is 693 g/mol. The second-order valence-electron chi connectivity index (χ2n) is 14.6. The number of nitrogens with zero attached hydrogens (tertiary/aromatic N) is 2. The van der Waals surface area contributed by atoms with Crippen LogP contribution in [0.1, 0.15) is 0 Å². The molecule has 10 aromatic carbocycles. The molecule has 0 bridgehead atoms. The van der Waals surface area contributed by atoms with Crippen molar-refractivity contribution in [2.75, 3.05) is 9.80 Å². The molecule has 3 nitrogen and oxygen atoms in total. The van der Waals surface area contributed by atoms with Gasteiger partial charge < -0.3 is 14.2 Å². The van der Waals surface area contributed by atoms with Crippen LogP contribution in [0.4, 0.5) is 34.1 Å². The third-order valence-corrected chi connectivity index (χ3v) is 11.1. The van der Waals surface area contributed by atoms with Crippen molar-refractivity contribution in [2.45, 2.75) is 0 Å². The number of para-hydroxylation sites is 1. The summed E-state index contributed by atoms with van der Waals surface area (Å²) in [5.74, 6) is 0. The van der Waals surface area contributed by atoms with Crippen LogP contribution in [0, 0.1) is 0 Å². The fourth-order valence-electron chi connectivity index (χ4n) is 8.45. The van der Waals surface area contributed by atoms with E-state index in [1.54, 1.807) is 0 Å². The zero-order valence-corrected chi connectivity index (χ0v) is 31.1. The van der Waals surface area contributed by atoms with Gasteiger partial charge in [0.05, 0.1) is 11.4 Å². The molecule has 0 spiro atoms. The van der Waals surface area contributed by atoms with Gasteiger partial charge in [-0.25, -0.2) is 0 Å². The van der Waals surface area contributed by atoms with Crippen molar-refractivity contribution in [1.29, 1.82) is 0 Å². The first kappa shape index (κ1) is 32.8. The summed E-state index contributed by atoms with van der Waals surface area (Å²) in [6, 6.07) is 78.3. The number of benzene rings is 10. The van der Waals surface area contributed by atoms with Crippen LogP contribution in [-0.4, -0.2) is 0 Å². The van der Waals surface area contributed by atoms with Crippen molar-refractivity contribution in [3.05, 3.63) is 218 Å². The van der Waals surface area contributed by atoms with Gasteiger partial charge in [0.15, 0.2) is 0 Å². The third-order valence-electron chi connectivity index (χ3n) is 11.1. The quantitative estimate of drug-likeness (QED) is 0.163. The molecular formula is C54H36N2O. The topological polar surface area (TPSA) is 19.6 Å². The van der Waals surface area contributed by atoms with Gasteiger partial charge in [-0.1, -0.05) is 152 Å². The van der Waals surface area contributed by atoms with Gasteiger partial charge in [-0.2, -0.15) is 0 Å². The van der Waals surface area contributed by atoms with E-state index in [1.807, 2.05) is 0 Å². The Labute approximate surface area is 330 Å². The van der Waals surface area contributed by atoms with Crippen molar-refractivity contribution >= 4 is 88.4 Å². The monoisotopic (exact) mass is 728 g/mol. The van der Waals surface area contributed by atoms with Gasteiger partial charge in [0, 0.05) is 39.6 Å². The first-order valence-corrected chi connectivity index (χ1v) is 19.4. The number of hydrogen-bond donors (Lipinski definition) is 0. The largest absolute Gasteiger partial charge is 0.456 e. The Morgan fingerprint density at radius 3 is 1.49 bits per heavy atom. The first-order chi connectivity index (χ1) is 28.2. The highest BCUT2D eigenvalue weighted by Gasteiger charge is 2.26. The van der Waals surface area contributed by atoms with E-state index in [9.17, 15) is 0 Å². The molecule has 3 heteroatoms. The number of rotatable bonds is 7. The number of fused-ring (bicyclic) bond motifs is 7. The summed E-state index contributed by atoms with van der Waals surface area (Å²) in [5, 5.41) is 9.29. The van der Waals surface area contributed by atoms with Crippen LogP contribution in [0.15, 0.2) is 223 Å². The number of hydrogen-bond acceptors (Lipinski definition) is 3. The molecule has 0 saturated carbocycles. The Balaban J connectivity index is 1.26. The van der Waals surface area contributed by atoms with Gasteiger partial charge in [0.2, 0.25) is 0 Å². The van der Waals surface area contributed by atoms with Crippen LogP contribution in [0.3, 0.4) is 0 Å². The lowest BCUT2D eigenvalue weighted by molar-refractivity contribution is 0.669. The van der Waals surface area contributed by atoms with Crippen LogP contribution >= 0.6 is 0 Å². The Morgan fingerprint density at radius 1 is 0.281 bits per heavy atom. The minimum absolute atomic E-state index is 0.832. The maximum Gasteiger partial charge on any atom is 0.137 e. The summed E-state index contributed by atoms with van der Waals surface area (Å²) in [5.41, 5.74) is 10.2. The highest BCUT2D eigenvalue weighted by atomic mass is 16.3. The van der Waals surface area contributed by atoms with Crippen LogP contribution < -0.4 is 9.80 Å². The van der Waals surface area contributed by atoms with Crippen molar-refractivity contribution in [1.82, 2.24) is 0 Å². The number of anilines is 6. The van der Waals surface area contributed by atoms with E-state index in [-0.39, 0.29) is 0 Å². The first-order valence-electron chi connectivity index (χ1n) is 19.4. The summed E-state index contributed by atoms with van der Waals surface area (Å²) in [6.45, 7) is 0. The maximum atomic E-state index is 6.83. The molecule has 0 aliphatic rings. The molecule has 11 aromatic rings. The van der Waals surface area contributed by atoms with Crippen LogP contribution in [0.2, 0.25) is 0 Å². The van der Waals surface area contributed by atoms with Gasteiger partial charge in [0.25, 0.3) is 0 Å². The zero-order chi connectivity index (χ0) is 37.7. The minimum Gasteiger partial charge on any atom is -0.456 e. The molecule has 0 saturated heterocycles. The van der Waals surface area contributed by atoms with E-state index in [0.717, 1.165) is 61.6 Å². The second kappa shape index (κ2) is 13.6. The van der Waals surface area contributed by atoms with Crippen molar-refractivity contribution < 1.29 is 4.42 Å². The molecule has 1 aromatic heterocycles. The standard InChI is InChI=1S/C54H36N2O/c1-3-14-37(15-4-1)43-21-13-24-45(32-43)56(47-30-27-39-17-8-10-20-42(39)34-47)50-35-49-53(57-52-31-28-40-18-11-12-25-48(40)54(49)52)36-51(50)55(44-22-5-2-6-23-44)46-29-26-38-16-7-9-19-41(38)33-46/h1-36H. The number of furan rings is 1. The summed E-state index contributed by atoms with van der Waals surface area (Å²) in [4.78, 5) is 4.80. The smallest absolute Gasteiger partial charge is 0.137 e. The molecule has 57 heavy (non-hydrogen) atoms. The molecule has 0 aliphatic carbocycles. The van der Waals surface area contributed by atoms with Gasteiger partial charge in [-0.15, -0.1) is 0 Å². The van der Waals surface area contributed by atoms with E-state index in [1.165, 1.54) is 37.9 Å². The molecule has 0 N–H and O–H groups in total. The second-order valence-corrected chi connectivity index (χ2v) is 14.6. The average Bonchev–Trinajstić information content (AvgIpc) is 3.65. The van der Waals surface area contributed by atoms with Gasteiger partial charge >= 0.3 is 0 Å². The third kappa shape index (κ3) is 5.76. The molecule has 0 fully saturated rings. The summed E-state index contributed by atoms with van der Waals surface area (Å²) in [7, 11) is 0. The Hall–Kier alpha value is -7.62. The Kier molecular flexibility index (Phi) is 7.82. The molecule has 11 rings (SSSR count).